The smallest absolute Gasteiger partial charge is 0.176 e. The van der Waals surface area contributed by atoms with Crippen molar-refractivity contribution in [3.63, 3.8) is 0 Å². The maximum Gasteiger partial charge on any atom is 0.176 e. The number of aromatic nitrogens is 2. The Labute approximate surface area is 89.2 Å². The van der Waals surface area contributed by atoms with Crippen LogP contribution in [-0.4, -0.2) is 35.1 Å². The molecule has 0 atom stereocenters. The van der Waals surface area contributed by atoms with Gasteiger partial charge in [0.05, 0.1) is 6.33 Å². The zero-order valence-electron chi connectivity index (χ0n) is 8.93. The number of rotatable bonds is 4. The maximum atomic E-state index is 8.86. The first-order valence-electron chi connectivity index (χ1n) is 4.69. The highest BCUT2D eigenvalue weighted by molar-refractivity contribution is 5.35. The van der Waals surface area contributed by atoms with Crippen molar-refractivity contribution in [3.05, 3.63) is 17.7 Å². The highest BCUT2D eigenvalue weighted by Crippen LogP contribution is 2.05. The lowest BCUT2D eigenvalue weighted by Gasteiger charge is -2.09. The molecule has 0 fully saturated rings. The van der Waals surface area contributed by atoms with Crippen LogP contribution in [0.1, 0.15) is 17.8 Å². The van der Waals surface area contributed by atoms with E-state index in [2.05, 4.69) is 9.88 Å². The van der Waals surface area contributed by atoms with Crippen molar-refractivity contribution in [1.29, 1.82) is 10.5 Å². The van der Waals surface area contributed by atoms with Crippen LogP contribution in [0, 0.1) is 22.7 Å². The lowest BCUT2D eigenvalue weighted by Crippen LogP contribution is -2.15. The molecule has 0 aliphatic heterocycles. The first kappa shape index (κ1) is 11.2. The first-order chi connectivity index (χ1) is 7.19. The van der Waals surface area contributed by atoms with E-state index in [0.717, 1.165) is 19.5 Å². The number of hydrogen-bond acceptors (Lipinski definition) is 4. The molecule has 1 aromatic heterocycles. The molecule has 0 spiro atoms. The molecule has 0 saturated carbocycles. The van der Waals surface area contributed by atoms with Crippen LogP contribution in [0.15, 0.2) is 6.33 Å². The average molecular weight is 203 g/mol. The fourth-order valence-electron chi connectivity index (χ4n) is 1.31. The standard InChI is InChI=1S/C10H13N5/c1-14(2)4-3-5-15-8-13-9(6-11)10(15)7-12/h8H,3-5H2,1-2H3. The second-order valence-corrected chi connectivity index (χ2v) is 3.52. The minimum Gasteiger partial charge on any atom is -0.321 e. The third-order valence-electron chi connectivity index (χ3n) is 2.05. The van der Waals surface area contributed by atoms with Gasteiger partial charge in [0.2, 0.25) is 0 Å². The van der Waals surface area contributed by atoms with Crippen molar-refractivity contribution in [2.24, 2.45) is 0 Å². The Bertz CT molecular complexity index is 404. The van der Waals surface area contributed by atoms with Crippen molar-refractivity contribution >= 4 is 0 Å². The maximum absolute atomic E-state index is 8.86. The van der Waals surface area contributed by atoms with Gasteiger partial charge >= 0.3 is 0 Å². The van der Waals surface area contributed by atoms with Gasteiger partial charge in [-0.25, -0.2) is 4.98 Å². The van der Waals surface area contributed by atoms with Gasteiger partial charge < -0.3 is 9.47 Å². The number of nitriles is 2. The Morgan fingerprint density at radius 3 is 2.67 bits per heavy atom. The minimum atomic E-state index is 0.211. The van der Waals surface area contributed by atoms with Crippen molar-refractivity contribution < 1.29 is 0 Å². The van der Waals surface area contributed by atoms with Crippen molar-refractivity contribution in [3.8, 4) is 12.1 Å². The Morgan fingerprint density at radius 2 is 2.13 bits per heavy atom. The summed E-state index contributed by atoms with van der Waals surface area (Å²) in [6.45, 7) is 1.67. The van der Waals surface area contributed by atoms with E-state index in [1.165, 1.54) is 0 Å². The second kappa shape index (κ2) is 5.14. The number of hydrogen-bond donors (Lipinski definition) is 0. The third-order valence-corrected chi connectivity index (χ3v) is 2.05. The van der Waals surface area contributed by atoms with E-state index in [0.29, 0.717) is 5.69 Å². The van der Waals surface area contributed by atoms with E-state index >= 15 is 0 Å². The van der Waals surface area contributed by atoms with E-state index in [4.69, 9.17) is 10.5 Å². The van der Waals surface area contributed by atoms with Gasteiger partial charge in [-0.3, -0.25) is 0 Å². The van der Waals surface area contributed by atoms with Crippen LogP contribution in [-0.2, 0) is 6.54 Å². The van der Waals surface area contributed by atoms with Gasteiger partial charge in [-0.05, 0) is 27.1 Å². The normalized spacial score (nSPS) is 9.93. The summed E-state index contributed by atoms with van der Waals surface area (Å²) in [7, 11) is 4.00. The molecule has 0 unspecified atom stereocenters. The predicted octanol–water partition coefficient (Wildman–Crippen LogP) is 0.578. The number of imidazole rings is 1. The first-order valence-corrected chi connectivity index (χ1v) is 4.69. The van der Waals surface area contributed by atoms with Crippen LogP contribution in [0.25, 0.3) is 0 Å². The highest BCUT2D eigenvalue weighted by Gasteiger charge is 2.08. The minimum absolute atomic E-state index is 0.211. The van der Waals surface area contributed by atoms with Gasteiger partial charge in [-0.1, -0.05) is 0 Å². The summed E-state index contributed by atoms with van der Waals surface area (Å²) in [4.78, 5) is 5.95. The molecule has 0 radical (unpaired) electrons. The van der Waals surface area contributed by atoms with Crippen molar-refractivity contribution in [2.75, 3.05) is 20.6 Å². The molecule has 5 heteroatoms. The lowest BCUT2D eigenvalue weighted by atomic mass is 10.3. The highest BCUT2D eigenvalue weighted by atomic mass is 15.1. The van der Waals surface area contributed by atoms with E-state index in [9.17, 15) is 0 Å². The largest absolute Gasteiger partial charge is 0.321 e. The third kappa shape index (κ3) is 2.80. The molecule has 0 saturated heterocycles. The lowest BCUT2D eigenvalue weighted by molar-refractivity contribution is 0.386. The van der Waals surface area contributed by atoms with Crippen molar-refractivity contribution in [2.45, 2.75) is 13.0 Å². The van der Waals surface area contributed by atoms with Crippen LogP contribution >= 0.6 is 0 Å². The summed E-state index contributed by atoms with van der Waals surface area (Å²) in [6, 6.07) is 3.90. The summed E-state index contributed by atoms with van der Waals surface area (Å²) in [6.07, 6.45) is 2.48. The molecule has 0 aromatic carbocycles. The Morgan fingerprint density at radius 1 is 1.40 bits per heavy atom. The molecule has 1 aromatic rings. The summed E-state index contributed by atoms with van der Waals surface area (Å²) < 4.78 is 1.72. The quantitative estimate of drug-likeness (QED) is 0.717. The topological polar surface area (TPSA) is 68.6 Å². The summed E-state index contributed by atoms with van der Waals surface area (Å²) >= 11 is 0. The molecule has 0 N–H and O–H groups in total. The molecular formula is C10H13N5. The zero-order valence-corrected chi connectivity index (χ0v) is 8.93. The SMILES string of the molecule is CN(C)CCCn1cnc(C#N)c1C#N. The van der Waals surface area contributed by atoms with Gasteiger partial charge in [-0.2, -0.15) is 10.5 Å². The molecule has 15 heavy (non-hydrogen) atoms. The molecule has 0 amide bonds. The molecule has 5 nitrogen and oxygen atoms in total. The zero-order chi connectivity index (χ0) is 11.3. The van der Waals surface area contributed by atoms with E-state index in [1.807, 2.05) is 26.2 Å². The molecule has 0 bridgehead atoms. The van der Waals surface area contributed by atoms with Gasteiger partial charge in [0.1, 0.15) is 12.1 Å². The van der Waals surface area contributed by atoms with Crippen LogP contribution in [0.4, 0.5) is 0 Å². The van der Waals surface area contributed by atoms with Gasteiger partial charge in [-0.15, -0.1) is 0 Å². The average Bonchev–Trinajstić information content (AvgIpc) is 2.59. The van der Waals surface area contributed by atoms with E-state index < -0.39 is 0 Å². The van der Waals surface area contributed by atoms with Gasteiger partial charge in [0.25, 0.3) is 0 Å². The molecular weight excluding hydrogens is 190 g/mol. The summed E-state index contributed by atoms with van der Waals surface area (Å²) in [5.74, 6) is 0. The van der Waals surface area contributed by atoms with Crippen LogP contribution < -0.4 is 0 Å². The molecule has 0 aliphatic rings. The fraction of sp³-hybridized carbons (Fsp3) is 0.500. The molecule has 1 heterocycles. The van der Waals surface area contributed by atoms with E-state index in [1.54, 1.807) is 10.9 Å². The molecule has 1 rings (SSSR count). The Hall–Kier alpha value is -1.85. The predicted molar refractivity (Wildman–Crippen MR) is 54.8 cm³/mol. The van der Waals surface area contributed by atoms with Crippen molar-refractivity contribution in [1.82, 2.24) is 14.5 Å². The van der Waals surface area contributed by atoms with Crippen LogP contribution in [0.3, 0.4) is 0 Å². The Balaban J connectivity index is 2.67. The van der Waals surface area contributed by atoms with Gasteiger partial charge in [0, 0.05) is 6.54 Å². The van der Waals surface area contributed by atoms with Crippen LogP contribution in [0.5, 0.6) is 0 Å². The Kier molecular flexibility index (Phi) is 3.84. The second-order valence-electron chi connectivity index (χ2n) is 3.52. The molecule has 78 valence electrons. The summed E-state index contributed by atoms with van der Waals surface area (Å²) in [5, 5.41) is 17.5. The number of aryl methyl sites for hydroxylation is 1. The van der Waals surface area contributed by atoms with Gasteiger partial charge in [0.15, 0.2) is 11.4 Å². The number of nitrogens with zero attached hydrogens (tertiary/aromatic N) is 5. The van der Waals surface area contributed by atoms with Crippen LogP contribution in [0.2, 0.25) is 0 Å². The fourth-order valence-corrected chi connectivity index (χ4v) is 1.31. The summed E-state index contributed by atoms with van der Waals surface area (Å²) in [5.41, 5.74) is 0.568. The molecule has 0 aliphatic carbocycles. The van der Waals surface area contributed by atoms with E-state index in [-0.39, 0.29) is 5.69 Å². The monoisotopic (exact) mass is 203 g/mol.